The molecule has 2 aromatic rings. The van der Waals surface area contributed by atoms with E-state index in [2.05, 4.69) is 15.0 Å². The smallest absolute Gasteiger partial charge is 0.261 e. The van der Waals surface area contributed by atoms with Gasteiger partial charge in [-0.2, -0.15) is 0 Å². The fourth-order valence-electron chi connectivity index (χ4n) is 2.30. The lowest BCUT2D eigenvalue weighted by Crippen LogP contribution is -2.34. The summed E-state index contributed by atoms with van der Waals surface area (Å²) in [5, 5.41) is 5.41. The summed E-state index contributed by atoms with van der Waals surface area (Å²) < 4.78 is 27.2. The first-order valence-corrected chi connectivity index (χ1v) is 11.5. The Morgan fingerprint density at radius 3 is 2.03 bits per heavy atom. The molecule has 0 aliphatic rings. The zero-order chi connectivity index (χ0) is 21.6. The van der Waals surface area contributed by atoms with Gasteiger partial charge in [0.1, 0.15) is 5.84 Å². The van der Waals surface area contributed by atoms with Crippen LogP contribution in [0.4, 0.5) is 0 Å². The first-order valence-electron chi connectivity index (χ1n) is 8.46. The number of hydrogen-bond acceptors (Lipinski definition) is 5. The van der Waals surface area contributed by atoms with E-state index in [4.69, 9.17) is 11.6 Å². The van der Waals surface area contributed by atoms with Crippen LogP contribution in [0.3, 0.4) is 0 Å². The predicted molar refractivity (Wildman–Crippen MR) is 116 cm³/mol. The van der Waals surface area contributed by atoms with E-state index >= 15 is 0 Å². The van der Waals surface area contributed by atoms with Crippen molar-refractivity contribution in [3.63, 3.8) is 0 Å². The van der Waals surface area contributed by atoms with E-state index in [1.165, 1.54) is 11.3 Å². The zero-order valence-electron chi connectivity index (χ0n) is 16.1. The van der Waals surface area contributed by atoms with Crippen LogP contribution in [-0.4, -0.2) is 64.4 Å². The van der Waals surface area contributed by atoms with Crippen molar-refractivity contribution in [2.24, 2.45) is 4.40 Å². The van der Waals surface area contributed by atoms with Crippen LogP contribution in [0, 0.1) is 0 Å². The number of amides is 2. The minimum Gasteiger partial charge on any atom is -0.362 e. The van der Waals surface area contributed by atoms with Crippen molar-refractivity contribution >= 4 is 50.6 Å². The lowest BCUT2D eigenvalue weighted by molar-refractivity contribution is 0.0929. The predicted octanol–water partition coefficient (Wildman–Crippen LogP) is 1.83. The van der Waals surface area contributed by atoms with E-state index in [0.717, 1.165) is 6.26 Å². The van der Waals surface area contributed by atoms with Crippen LogP contribution in [-0.2, 0) is 10.0 Å². The zero-order valence-corrected chi connectivity index (χ0v) is 18.5. The summed E-state index contributed by atoms with van der Waals surface area (Å²) in [7, 11) is -0.191. The third kappa shape index (κ3) is 7.15. The Hall–Kier alpha value is -2.43. The SMILES string of the molecule is CN(C)/C(=N\S(C)(=O)=O)c1ccc(C(=O)NCCNC(=O)c2ccc(Cl)s2)cc1. The molecule has 2 rings (SSSR count). The minimum absolute atomic E-state index is 0.248. The van der Waals surface area contributed by atoms with E-state index in [0.29, 0.717) is 20.3 Å². The van der Waals surface area contributed by atoms with Crippen molar-refractivity contribution < 1.29 is 18.0 Å². The molecule has 0 unspecified atom stereocenters. The van der Waals surface area contributed by atoms with Crippen LogP contribution in [0.25, 0.3) is 0 Å². The lowest BCUT2D eigenvalue weighted by Gasteiger charge is -2.15. The van der Waals surface area contributed by atoms with Crippen molar-refractivity contribution in [1.29, 1.82) is 0 Å². The average molecular weight is 457 g/mol. The molecule has 0 spiro atoms. The first kappa shape index (κ1) is 22.9. The number of rotatable bonds is 7. The van der Waals surface area contributed by atoms with Gasteiger partial charge in [-0.25, -0.2) is 8.42 Å². The van der Waals surface area contributed by atoms with Gasteiger partial charge in [-0.05, 0) is 24.3 Å². The summed E-state index contributed by atoms with van der Waals surface area (Å²) >= 11 is 6.98. The van der Waals surface area contributed by atoms with E-state index in [1.54, 1.807) is 55.4 Å². The third-order valence-corrected chi connectivity index (χ3v) is 5.31. The van der Waals surface area contributed by atoms with Gasteiger partial charge in [0.25, 0.3) is 21.8 Å². The second-order valence-corrected chi connectivity index (χ2v) is 9.60. The van der Waals surface area contributed by atoms with Crippen molar-refractivity contribution in [2.45, 2.75) is 0 Å². The number of halogens is 1. The Labute approximate surface area is 178 Å². The second kappa shape index (κ2) is 9.86. The Morgan fingerprint density at radius 1 is 1.00 bits per heavy atom. The highest BCUT2D eigenvalue weighted by Gasteiger charge is 2.12. The molecule has 0 bridgehead atoms. The Bertz CT molecular complexity index is 1010. The van der Waals surface area contributed by atoms with Crippen LogP contribution < -0.4 is 10.6 Å². The summed E-state index contributed by atoms with van der Waals surface area (Å²) in [6, 6.07) is 9.70. The average Bonchev–Trinajstić information content (AvgIpc) is 3.08. The van der Waals surface area contributed by atoms with Gasteiger partial charge in [-0.3, -0.25) is 9.59 Å². The molecule has 0 saturated heterocycles. The molecule has 0 aliphatic heterocycles. The molecule has 2 amide bonds. The fraction of sp³-hybridized carbons (Fsp3) is 0.278. The Morgan fingerprint density at radius 2 is 1.55 bits per heavy atom. The van der Waals surface area contributed by atoms with Gasteiger partial charge >= 0.3 is 0 Å². The monoisotopic (exact) mass is 456 g/mol. The number of nitrogens with one attached hydrogen (secondary N) is 2. The highest BCUT2D eigenvalue weighted by molar-refractivity contribution is 7.89. The molecule has 8 nitrogen and oxygen atoms in total. The molecule has 0 saturated carbocycles. The van der Waals surface area contributed by atoms with Gasteiger partial charge in [-0.1, -0.05) is 23.7 Å². The molecule has 2 N–H and O–H groups in total. The highest BCUT2D eigenvalue weighted by atomic mass is 35.5. The van der Waals surface area contributed by atoms with Gasteiger partial charge in [0, 0.05) is 38.3 Å². The number of benzene rings is 1. The van der Waals surface area contributed by atoms with Crippen LogP contribution >= 0.6 is 22.9 Å². The number of hydrogen-bond donors (Lipinski definition) is 2. The lowest BCUT2D eigenvalue weighted by atomic mass is 10.1. The van der Waals surface area contributed by atoms with Crippen molar-refractivity contribution in [3.05, 3.63) is 56.7 Å². The number of thiophene rings is 1. The van der Waals surface area contributed by atoms with Gasteiger partial charge in [-0.15, -0.1) is 15.7 Å². The van der Waals surface area contributed by atoms with Gasteiger partial charge in [0.15, 0.2) is 0 Å². The summed E-state index contributed by atoms with van der Waals surface area (Å²) in [5.41, 5.74) is 0.974. The number of nitrogens with zero attached hydrogens (tertiary/aromatic N) is 2. The van der Waals surface area contributed by atoms with Crippen molar-refractivity contribution in [3.8, 4) is 0 Å². The highest BCUT2D eigenvalue weighted by Crippen LogP contribution is 2.20. The maximum absolute atomic E-state index is 12.2. The van der Waals surface area contributed by atoms with Crippen LogP contribution in [0.5, 0.6) is 0 Å². The van der Waals surface area contributed by atoms with E-state index in [9.17, 15) is 18.0 Å². The van der Waals surface area contributed by atoms with Crippen molar-refractivity contribution in [2.75, 3.05) is 33.4 Å². The van der Waals surface area contributed by atoms with E-state index in [1.807, 2.05) is 0 Å². The fourth-order valence-corrected chi connectivity index (χ4v) is 3.84. The first-order chi connectivity index (χ1) is 13.6. The molecule has 1 aromatic carbocycles. The topological polar surface area (TPSA) is 108 Å². The molecular formula is C18H21ClN4O4S2. The maximum atomic E-state index is 12.2. The summed E-state index contributed by atoms with van der Waals surface area (Å²) in [6.07, 6.45) is 1.02. The number of sulfonamides is 1. The van der Waals surface area contributed by atoms with E-state index in [-0.39, 0.29) is 30.7 Å². The molecule has 0 radical (unpaired) electrons. The largest absolute Gasteiger partial charge is 0.362 e. The molecule has 29 heavy (non-hydrogen) atoms. The quantitative estimate of drug-likeness (QED) is 0.375. The third-order valence-electron chi connectivity index (χ3n) is 3.57. The Balaban J connectivity index is 1.91. The summed E-state index contributed by atoms with van der Waals surface area (Å²) in [6.45, 7) is 0.522. The molecule has 1 heterocycles. The number of carbonyl (C=O) groups is 2. The molecule has 0 aliphatic carbocycles. The van der Waals surface area contributed by atoms with Gasteiger partial charge in [0.05, 0.1) is 15.5 Å². The maximum Gasteiger partial charge on any atom is 0.261 e. The molecule has 156 valence electrons. The number of carbonyl (C=O) groups excluding carboxylic acids is 2. The van der Waals surface area contributed by atoms with Gasteiger partial charge in [0.2, 0.25) is 0 Å². The normalized spacial score (nSPS) is 11.8. The van der Waals surface area contributed by atoms with Crippen LogP contribution in [0.2, 0.25) is 4.34 Å². The standard InChI is InChI=1S/C18H21ClN4O4S2/c1-23(2)16(22-29(3,26)27)12-4-6-13(7-5-12)17(24)20-10-11-21-18(25)14-8-9-15(19)28-14/h4-9H,10-11H2,1-3H3,(H,20,24)(H,21,25)/b22-16-. The number of amidine groups is 1. The molecule has 0 atom stereocenters. The molecule has 1 aromatic heterocycles. The molecular weight excluding hydrogens is 436 g/mol. The second-order valence-electron chi connectivity index (χ2n) is 6.24. The van der Waals surface area contributed by atoms with Crippen LogP contribution in [0.1, 0.15) is 25.6 Å². The molecule has 0 fully saturated rings. The van der Waals surface area contributed by atoms with Crippen molar-refractivity contribution in [1.82, 2.24) is 15.5 Å². The Kier molecular flexibility index (Phi) is 7.77. The van der Waals surface area contributed by atoms with Crippen LogP contribution in [0.15, 0.2) is 40.8 Å². The molecule has 11 heteroatoms. The summed E-state index contributed by atoms with van der Waals surface area (Å²) in [4.78, 5) is 26.2. The minimum atomic E-state index is -3.56. The van der Waals surface area contributed by atoms with E-state index < -0.39 is 10.0 Å². The summed E-state index contributed by atoms with van der Waals surface area (Å²) in [5.74, 6) is -0.283. The van der Waals surface area contributed by atoms with Gasteiger partial charge < -0.3 is 15.5 Å².